The van der Waals surface area contributed by atoms with Crippen LogP contribution in [0.1, 0.15) is 11.1 Å². The maximum Gasteiger partial charge on any atom is 0.404 e. The van der Waals surface area contributed by atoms with Crippen LogP contribution in [-0.2, 0) is 11.3 Å². The van der Waals surface area contributed by atoms with E-state index in [0.717, 1.165) is 0 Å². The highest BCUT2D eigenvalue weighted by molar-refractivity contribution is 5.64. The van der Waals surface area contributed by atoms with E-state index in [1.54, 1.807) is 0 Å². The number of halogens is 1. The predicted molar refractivity (Wildman–Crippen MR) is 50.9 cm³/mol. The average molecular weight is 195 g/mol. The Labute approximate surface area is 81.0 Å². The minimum absolute atomic E-state index is 0.0248. The Morgan fingerprint density at radius 1 is 1.64 bits per heavy atom. The number of hydrogen-bond acceptors (Lipinski definition) is 2. The van der Waals surface area contributed by atoms with Crippen LogP contribution in [0.3, 0.4) is 0 Å². The zero-order chi connectivity index (χ0) is 10.6. The lowest BCUT2D eigenvalue weighted by molar-refractivity contribution is 0.150. The number of hydrogen-bond donors (Lipinski definition) is 1. The van der Waals surface area contributed by atoms with E-state index in [9.17, 15) is 9.18 Å². The van der Waals surface area contributed by atoms with E-state index < -0.39 is 6.09 Å². The third-order valence-electron chi connectivity index (χ3n) is 1.70. The normalized spacial score (nSPS) is 9.50. The van der Waals surface area contributed by atoms with Crippen LogP contribution in [0.2, 0.25) is 0 Å². The summed E-state index contributed by atoms with van der Waals surface area (Å²) in [5.74, 6) is -0.359. The van der Waals surface area contributed by atoms with Crippen molar-refractivity contribution in [3.8, 4) is 0 Å². The van der Waals surface area contributed by atoms with Crippen molar-refractivity contribution in [2.24, 2.45) is 5.73 Å². The summed E-state index contributed by atoms with van der Waals surface area (Å²) in [4.78, 5) is 10.3. The number of nitrogens with two attached hydrogens (primary N) is 1. The molecule has 74 valence electrons. The van der Waals surface area contributed by atoms with Crippen LogP contribution in [0.15, 0.2) is 24.8 Å². The van der Waals surface area contributed by atoms with E-state index >= 15 is 0 Å². The molecule has 1 amide bonds. The van der Waals surface area contributed by atoms with Crippen molar-refractivity contribution >= 4 is 12.2 Å². The third kappa shape index (κ3) is 2.58. The summed E-state index contributed by atoms with van der Waals surface area (Å²) in [6, 6.07) is 4.12. The molecule has 0 atom stereocenters. The van der Waals surface area contributed by atoms with Crippen molar-refractivity contribution < 1.29 is 13.9 Å². The van der Waals surface area contributed by atoms with Gasteiger partial charge in [-0.25, -0.2) is 9.18 Å². The monoisotopic (exact) mass is 195 g/mol. The molecule has 0 radical (unpaired) electrons. The first-order chi connectivity index (χ1) is 6.63. The first-order valence-corrected chi connectivity index (χ1v) is 3.96. The van der Waals surface area contributed by atoms with Crippen molar-refractivity contribution in [2.45, 2.75) is 6.61 Å². The number of primary amides is 1. The second kappa shape index (κ2) is 4.41. The lowest BCUT2D eigenvalue weighted by atomic mass is 10.1. The highest BCUT2D eigenvalue weighted by atomic mass is 19.1. The fourth-order valence-electron chi connectivity index (χ4n) is 1.04. The van der Waals surface area contributed by atoms with Gasteiger partial charge in [0.1, 0.15) is 12.4 Å². The molecule has 0 saturated carbocycles. The first-order valence-electron chi connectivity index (χ1n) is 3.96. The number of amides is 1. The molecule has 14 heavy (non-hydrogen) atoms. The molecule has 3 nitrogen and oxygen atoms in total. The van der Waals surface area contributed by atoms with Gasteiger partial charge in [0.05, 0.1) is 0 Å². The van der Waals surface area contributed by atoms with E-state index in [4.69, 9.17) is 5.73 Å². The van der Waals surface area contributed by atoms with Gasteiger partial charge in [0.25, 0.3) is 0 Å². The van der Waals surface area contributed by atoms with E-state index in [2.05, 4.69) is 11.3 Å². The Kier molecular flexibility index (Phi) is 3.23. The van der Waals surface area contributed by atoms with Gasteiger partial charge < -0.3 is 10.5 Å². The zero-order valence-corrected chi connectivity index (χ0v) is 7.50. The summed E-state index contributed by atoms with van der Waals surface area (Å²) < 4.78 is 17.3. The highest BCUT2D eigenvalue weighted by Gasteiger charge is 2.03. The summed E-state index contributed by atoms with van der Waals surface area (Å²) in [5.41, 5.74) is 6.06. The van der Waals surface area contributed by atoms with Gasteiger partial charge in [-0.05, 0) is 23.3 Å². The Morgan fingerprint density at radius 3 is 2.93 bits per heavy atom. The van der Waals surface area contributed by atoms with Crippen LogP contribution in [0.5, 0.6) is 0 Å². The van der Waals surface area contributed by atoms with Crippen LogP contribution in [0.25, 0.3) is 6.08 Å². The Bertz CT molecular complexity index is 363. The highest BCUT2D eigenvalue weighted by Crippen LogP contribution is 2.13. The molecule has 0 fully saturated rings. The number of rotatable bonds is 3. The second-order valence-electron chi connectivity index (χ2n) is 2.65. The van der Waals surface area contributed by atoms with Crippen molar-refractivity contribution in [2.75, 3.05) is 0 Å². The van der Waals surface area contributed by atoms with Crippen LogP contribution < -0.4 is 5.73 Å². The number of carbonyl (C=O) groups excluding carboxylic acids is 1. The lowest BCUT2D eigenvalue weighted by Crippen LogP contribution is -2.13. The van der Waals surface area contributed by atoms with E-state index in [1.807, 2.05) is 0 Å². The standard InChI is InChI=1S/C10H10FNO2/c1-2-7-5-9(11)4-3-8(7)6-14-10(12)13/h2-5H,1,6H2,(H2,12,13). The van der Waals surface area contributed by atoms with Gasteiger partial charge in [-0.3, -0.25) is 0 Å². The topological polar surface area (TPSA) is 52.3 Å². The molecular formula is C10H10FNO2. The molecule has 4 heteroatoms. The largest absolute Gasteiger partial charge is 0.445 e. The molecular weight excluding hydrogens is 185 g/mol. The van der Waals surface area contributed by atoms with Crippen molar-refractivity contribution in [3.63, 3.8) is 0 Å². The van der Waals surface area contributed by atoms with Gasteiger partial charge >= 0.3 is 6.09 Å². The Morgan fingerprint density at radius 2 is 2.36 bits per heavy atom. The Hall–Kier alpha value is -1.84. The molecule has 0 unspecified atom stereocenters. The average Bonchev–Trinajstić information content (AvgIpc) is 2.15. The molecule has 0 aliphatic heterocycles. The summed E-state index contributed by atoms with van der Waals surface area (Å²) in [5, 5.41) is 0. The fraction of sp³-hybridized carbons (Fsp3) is 0.100. The van der Waals surface area contributed by atoms with Crippen LogP contribution in [-0.4, -0.2) is 6.09 Å². The molecule has 0 saturated heterocycles. The van der Waals surface area contributed by atoms with Crippen molar-refractivity contribution in [1.82, 2.24) is 0 Å². The molecule has 1 aromatic carbocycles. The quantitative estimate of drug-likeness (QED) is 0.802. The van der Waals surface area contributed by atoms with Gasteiger partial charge in [-0.1, -0.05) is 18.7 Å². The van der Waals surface area contributed by atoms with E-state index in [-0.39, 0.29) is 12.4 Å². The number of carbonyl (C=O) groups is 1. The van der Waals surface area contributed by atoms with Crippen LogP contribution in [0, 0.1) is 5.82 Å². The summed E-state index contributed by atoms with van der Waals surface area (Å²) in [6.45, 7) is 3.55. The predicted octanol–water partition coefficient (Wildman–Crippen LogP) is 2.06. The number of ether oxygens (including phenoxy) is 1. The molecule has 0 aliphatic rings. The maximum absolute atomic E-state index is 12.8. The molecule has 2 N–H and O–H groups in total. The smallest absolute Gasteiger partial charge is 0.404 e. The minimum Gasteiger partial charge on any atom is -0.445 e. The molecule has 0 heterocycles. The van der Waals surface area contributed by atoms with Gasteiger partial charge in [0.15, 0.2) is 0 Å². The number of benzene rings is 1. The summed E-state index contributed by atoms with van der Waals surface area (Å²) in [7, 11) is 0. The van der Waals surface area contributed by atoms with Gasteiger partial charge in [-0.2, -0.15) is 0 Å². The van der Waals surface area contributed by atoms with Gasteiger partial charge in [-0.15, -0.1) is 0 Å². The van der Waals surface area contributed by atoms with Crippen LogP contribution >= 0.6 is 0 Å². The molecule has 1 aromatic rings. The summed E-state index contributed by atoms with van der Waals surface area (Å²) >= 11 is 0. The molecule has 0 aliphatic carbocycles. The molecule has 0 spiro atoms. The minimum atomic E-state index is -0.857. The van der Waals surface area contributed by atoms with Gasteiger partial charge in [0, 0.05) is 0 Å². The maximum atomic E-state index is 12.8. The fourth-order valence-corrected chi connectivity index (χ4v) is 1.04. The second-order valence-corrected chi connectivity index (χ2v) is 2.65. The lowest BCUT2D eigenvalue weighted by Gasteiger charge is -2.05. The first kappa shape index (κ1) is 10.2. The van der Waals surface area contributed by atoms with Gasteiger partial charge in [0.2, 0.25) is 0 Å². The zero-order valence-electron chi connectivity index (χ0n) is 7.50. The molecule has 0 bridgehead atoms. The van der Waals surface area contributed by atoms with Crippen LogP contribution in [0.4, 0.5) is 9.18 Å². The van der Waals surface area contributed by atoms with Crippen molar-refractivity contribution in [1.29, 1.82) is 0 Å². The Balaban J connectivity index is 2.85. The SMILES string of the molecule is C=Cc1cc(F)ccc1COC(N)=O. The molecule has 1 rings (SSSR count). The van der Waals surface area contributed by atoms with E-state index in [1.165, 1.54) is 24.3 Å². The molecule has 0 aromatic heterocycles. The summed E-state index contributed by atoms with van der Waals surface area (Å²) in [6.07, 6.45) is 0.632. The van der Waals surface area contributed by atoms with E-state index in [0.29, 0.717) is 11.1 Å². The van der Waals surface area contributed by atoms with Crippen molar-refractivity contribution in [3.05, 3.63) is 41.7 Å². The third-order valence-corrected chi connectivity index (χ3v) is 1.70.